The highest BCUT2D eigenvalue weighted by Gasteiger charge is 2.36. The second kappa shape index (κ2) is 7.81. The van der Waals surface area contributed by atoms with Gasteiger partial charge in [-0.2, -0.15) is 0 Å². The van der Waals surface area contributed by atoms with Crippen molar-refractivity contribution in [2.75, 3.05) is 13.1 Å². The summed E-state index contributed by atoms with van der Waals surface area (Å²) in [5, 5.41) is 3.12. The lowest BCUT2D eigenvalue weighted by Crippen LogP contribution is -2.42. The number of nitrogens with two attached hydrogens (primary N) is 1. The normalized spacial score (nSPS) is 17.9. The number of nitrogens with one attached hydrogen (secondary N) is 1. The van der Waals surface area contributed by atoms with Crippen molar-refractivity contribution < 1.29 is 4.79 Å². The molecule has 1 aromatic rings. The van der Waals surface area contributed by atoms with Crippen molar-refractivity contribution in [1.29, 1.82) is 0 Å². The van der Waals surface area contributed by atoms with Gasteiger partial charge in [-0.15, -0.1) is 12.4 Å². The Hall–Kier alpha value is -1.06. The Kier molecular flexibility index (Phi) is 6.69. The molecule has 0 aromatic heterocycles. The van der Waals surface area contributed by atoms with Crippen LogP contribution in [-0.2, 0) is 10.2 Å². The van der Waals surface area contributed by atoms with Gasteiger partial charge < -0.3 is 11.1 Å². The third-order valence-corrected chi connectivity index (χ3v) is 4.59. The zero-order valence-corrected chi connectivity index (χ0v) is 13.8. The monoisotopic (exact) mass is 310 g/mol. The minimum atomic E-state index is -0.106. The molecule has 1 aliphatic carbocycles. The van der Waals surface area contributed by atoms with E-state index in [2.05, 4.69) is 36.5 Å². The van der Waals surface area contributed by atoms with Gasteiger partial charge in [0.2, 0.25) is 5.91 Å². The van der Waals surface area contributed by atoms with E-state index in [0.29, 0.717) is 6.54 Å². The van der Waals surface area contributed by atoms with Gasteiger partial charge >= 0.3 is 0 Å². The fourth-order valence-corrected chi connectivity index (χ4v) is 3.13. The first-order valence-electron chi connectivity index (χ1n) is 7.62. The number of hydrogen-bond acceptors (Lipinski definition) is 2. The fraction of sp³-hybridized carbons (Fsp3) is 0.588. The second-order valence-electron chi connectivity index (χ2n) is 6.21. The minimum Gasteiger partial charge on any atom is -0.355 e. The summed E-state index contributed by atoms with van der Waals surface area (Å²) >= 11 is 0. The van der Waals surface area contributed by atoms with Crippen molar-refractivity contribution >= 4 is 18.3 Å². The average molecular weight is 311 g/mol. The Bertz CT molecular complexity index is 470. The van der Waals surface area contributed by atoms with Crippen molar-refractivity contribution in [2.45, 2.75) is 44.9 Å². The van der Waals surface area contributed by atoms with Crippen LogP contribution in [0, 0.1) is 12.8 Å². The molecule has 1 atom stereocenters. The molecule has 1 fully saturated rings. The molecule has 4 heteroatoms. The van der Waals surface area contributed by atoms with Crippen LogP contribution in [0.4, 0.5) is 0 Å². The van der Waals surface area contributed by atoms with E-state index in [-0.39, 0.29) is 29.6 Å². The molecule has 0 radical (unpaired) electrons. The van der Waals surface area contributed by atoms with Gasteiger partial charge in [0.1, 0.15) is 0 Å². The predicted molar refractivity (Wildman–Crippen MR) is 89.8 cm³/mol. The molecular weight excluding hydrogens is 284 g/mol. The van der Waals surface area contributed by atoms with Gasteiger partial charge in [0.25, 0.3) is 0 Å². The van der Waals surface area contributed by atoms with Crippen LogP contribution in [0.25, 0.3) is 0 Å². The molecule has 3 N–H and O–H groups in total. The van der Waals surface area contributed by atoms with Crippen LogP contribution in [0.2, 0.25) is 0 Å². The second-order valence-corrected chi connectivity index (χ2v) is 6.21. The van der Waals surface area contributed by atoms with E-state index in [1.54, 1.807) is 0 Å². The van der Waals surface area contributed by atoms with Crippen LogP contribution in [0.3, 0.4) is 0 Å². The highest BCUT2D eigenvalue weighted by atomic mass is 35.5. The molecule has 1 unspecified atom stereocenters. The van der Waals surface area contributed by atoms with E-state index in [1.165, 1.54) is 24.0 Å². The summed E-state index contributed by atoms with van der Waals surface area (Å²) in [6.07, 6.45) is 4.81. The standard InChI is InChI=1S/C17H26N2O.ClH/c1-13-6-5-7-15(10-13)17(8-3-4-9-17)12-19-16(20)14(2)11-18;/h5-7,10,14H,3-4,8-9,11-12,18H2,1-2H3,(H,19,20);1H. The molecule has 118 valence electrons. The summed E-state index contributed by atoms with van der Waals surface area (Å²) in [4.78, 5) is 12.0. The van der Waals surface area contributed by atoms with Crippen LogP contribution in [0.1, 0.15) is 43.7 Å². The molecular formula is C17H27ClN2O. The quantitative estimate of drug-likeness (QED) is 0.878. The van der Waals surface area contributed by atoms with Crippen LogP contribution in [-0.4, -0.2) is 19.0 Å². The summed E-state index contributed by atoms with van der Waals surface area (Å²) in [7, 11) is 0. The SMILES string of the molecule is Cc1cccc(C2(CNC(=O)C(C)CN)CCCC2)c1.Cl. The summed E-state index contributed by atoms with van der Waals surface area (Å²) in [5.41, 5.74) is 8.34. The van der Waals surface area contributed by atoms with Crippen LogP contribution in [0.15, 0.2) is 24.3 Å². The number of amides is 1. The molecule has 1 saturated carbocycles. The van der Waals surface area contributed by atoms with Gasteiger partial charge in [0.05, 0.1) is 0 Å². The number of aryl methyl sites for hydroxylation is 1. The number of hydrogen-bond donors (Lipinski definition) is 2. The molecule has 1 amide bonds. The van der Waals surface area contributed by atoms with Gasteiger partial charge in [0.15, 0.2) is 0 Å². The van der Waals surface area contributed by atoms with Crippen molar-refractivity contribution in [3.63, 3.8) is 0 Å². The zero-order chi connectivity index (χ0) is 14.6. The lowest BCUT2D eigenvalue weighted by atomic mass is 9.78. The van der Waals surface area contributed by atoms with Gasteiger partial charge in [-0.05, 0) is 25.3 Å². The topological polar surface area (TPSA) is 55.1 Å². The van der Waals surface area contributed by atoms with Crippen LogP contribution < -0.4 is 11.1 Å². The van der Waals surface area contributed by atoms with E-state index < -0.39 is 0 Å². The Morgan fingerprint density at radius 1 is 1.38 bits per heavy atom. The first-order valence-corrected chi connectivity index (χ1v) is 7.62. The first-order chi connectivity index (χ1) is 9.57. The third kappa shape index (κ3) is 4.21. The minimum absolute atomic E-state index is 0. The van der Waals surface area contributed by atoms with Gasteiger partial charge in [-0.1, -0.05) is 49.6 Å². The predicted octanol–water partition coefficient (Wildman–Crippen LogP) is 2.94. The summed E-state index contributed by atoms with van der Waals surface area (Å²) in [6.45, 7) is 5.15. The van der Waals surface area contributed by atoms with E-state index in [9.17, 15) is 4.79 Å². The van der Waals surface area contributed by atoms with Crippen molar-refractivity contribution in [1.82, 2.24) is 5.32 Å². The van der Waals surface area contributed by atoms with E-state index in [1.807, 2.05) is 6.92 Å². The first kappa shape index (κ1) is 18.0. The largest absolute Gasteiger partial charge is 0.355 e. The molecule has 0 heterocycles. The maximum atomic E-state index is 12.0. The van der Waals surface area contributed by atoms with E-state index in [0.717, 1.165) is 19.4 Å². The number of halogens is 1. The van der Waals surface area contributed by atoms with E-state index in [4.69, 9.17) is 5.73 Å². The third-order valence-electron chi connectivity index (χ3n) is 4.59. The maximum Gasteiger partial charge on any atom is 0.224 e. The zero-order valence-electron chi connectivity index (χ0n) is 13.0. The molecule has 1 aliphatic rings. The van der Waals surface area contributed by atoms with Crippen molar-refractivity contribution in [2.24, 2.45) is 11.7 Å². The number of carbonyl (C=O) groups is 1. The number of benzene rings is 1. The van der Waals surface area contributed by atoms with Gasteiger partial charge in [-0.25, -0.2) is 0 Å². The average Bonchev–Trinajstić information content (AvgIpc) is 2.94. The number of carbonyl (C=O) groups excluding carboxylic acids is 1. The van der Waals surface area contributed by atoms with Gasteiger partial charge in [-0.3, -0.25) is 4.79 Å². The van der Waals surface area contributed by atoms with Gasteiger partial charge in [0, 0.05) is 24.4 Å². The fourth-order valence-electron chi connectivity index (χ4n) is 3.13. The van der Waals surface area contributed by atoms with E-state index >= 15 is 0 Å². The van der Waals surface area contributed by atoms with Crippen LogP contribution in [0.5, 0.6) is 0 Å². The van der Waals surface area contributed by atoms with Crippen molar-refractivity contribution in [3.8, 4) is 0 Å². The molecule has 0 saturated heterocycles. The molecule has 3 nitrogen and oxygen atoms in total. The highest BCUT2D eigenvalue weighted by molar-refractivity contribution is 5.85. The molecule has 0 bridgehead atoms. The Labute approximate surface area is 134 Å². The molecule has 0 aliphatic heterocycles. The smallest absolute Gasteiger partial charge is 0.224 e. The maximum absolute atomic E-state index is 12.0. The van der Waals surface area contributed by atoms with Crippen molar-refractivity contribution in [3.05, 3.63) is 35.4 Å². The lowest BCUT2D eigenvalue weighted by Gasteiger charge is -2.31. The highest BCUT2D eigenvalue weighted by Crippen LogP contribution is 2.40. The Balaban J connectivity index is 0.00000220. The van der Waals surface area contributed by atoms with Crippen LogP contribution >= 0.6 is 12.4 Å². The molecule has 0 spiro atoms. The summed E-state index contributed by atoms with van der Waals surface area (Å²) in [5.74, 6) is -0.0302. The Morgan fingerprint density at radius 3 is 2.62 bits per heavy atom. The summed E-state index contributed by atoms with van der Waals surface area (Å²) in [6, 6.07) is 8.72. The summed E-state index contributed by atoms with van der Waals surface area (Å²) < 4.78 is 0. The molecule has 2 rings (SSSR count). The molecule has 1 aromatic carbocycles. The lowest BCUT2D eigenvalue weighted by molar-refractivity contribution is -0.124. The number of rotatable bonds is 5. The molecule has 21 heavy (non-hydrogen) atoms. The Morgan fingerprint density at radius 2 is 2.05 bits per heavy atom.